The molecule has 0 aromatic heterocycles. The van der Waals surface area contributed by atoms with Crippen LogP contribution in [0.1, 0.15) is 18.4 Å². The summed E-state index contributed by atoms with van der Waals surface area (Å²) in [4.78, 5) is 7.55. The summed E-state index contributed by atoms with van der Waals surface area (Å²) < 4.78 is 0. The predicted molar refractivity (Wildman–Crippen MR) is 105 cm³/mol. The average molecular weight is 375 g/mol. The first-order chi connectivity index (χ1) is 12.2. The van der Waals surface area contributed by atoms with Crippen LogP contribution in [0.4, 0.5) is 5.69 Å². The van der Waals surface area contributed by atoms with Gasteiger partial charge in [0.25, 0.3) is 0 Å². The molecule has 1 fully saturated rings. The van der Waals surface area contributed by atoms with Crippen LogP contribution in [-0.4, -0.2) is 42.3 Å². The van der Waals surface area contributed by atoms with Crippen LogP contribution < -0.4 is 4.90 Å². The molecule has 1 N–H and O–H groups in total. The fourth-order valence-electron chi connectivity index (χ4n) is 3.86. The second-order valence-electron chi connectivity index (χ2n) is 6.75. The molecular weight excluding hydrogens is 352 g/mol. The Morgan fingerprint density at radius 2 is 1.88 bits per heavy atom. The Morgan fingerprint density at radius 1 is 1.08 bits per heavy atom. The molecule has 2 aromatic rings. The number of β-amino-alcohol motifs (C(OH)–C–C–N with tert-alkyl or cyclic N) is 1. The molecule has 0 saturated carbocycles. The first-order valence-corrected chi connectivity index (χ1v) is 10.1. The van der Waals surface area contributed by atoms with Gasteiger partial charge in [-0.15, -0.1) is 0 Å². The van der Waals surface area contributed by atoms with E-state index in [1.165, 1.54) is 21.0 Å². The Balaban J connectivity index is 1.64. The number of anilines is 1. The standard InChI is InChI=1S/C20H23ClN2OS/c21-16-5-6-19-15(13-16)14-23(18-3-1-2-4-20(18)25-19)17-7-9-22(10-8-17)11-12-24/h1-6,13,17,24H,7-12,14H2. The highest BCUT2D eigenvalue weighted by molar-refractivity contribution is 7.99. The van der Waals surface area contributed by atoms with E-state index in [1.807, 2.05) is 17.8 Å². The van der Waals surface area contributed by atoms with Gasteiger partial charge in [-0.3, -0.25) is 0 Å². The zero-order valence-electron chi connectivity index (χ0n) is 14.2. The topological polar surface area (TPSA) is 26.7 Å². The van der Waals surface area contributed by atoms with E-state index in [-0.39, 0.29) is 6.61 Å². The largest absolute Gasteiger partial charge is 0.395 e. The molecule has 0 unspecified atom stereocenters. The van der Waals surface area contributed by atoms with E-state index >= 15 is 0 Å². The Kier molecular flexibility index (Phi) is 5.23. The zero-order valence-corrected chi connectivity index (χ0v) is 15.8. The summed E-state index contributed by atoms with van der Waals surface area (Å²) in [5, 5.41) is 9.98. The van der Waals surface area contributed by atoms with Crippen molar-refractivity contribution in [2.45, 2.75) is 35.2 Å². The van der Waals surface area contributed by atoms with Crippen molar-refractivity contribution in [2.24, 2.45) is 0 Å². The van der Waals surface area contributed by atoms with Gasteiger partial charge in [0.05, 0.1) is 12.3 Å². The Labute approximate surface area is 158 Å². The first kappa shape index (κ1) is 17.2. The number of para-hydroxylation sites is 1. The molecule has 2 heterocycles. The van der Waals surface area contributed by atoms with Crippen LogP contribution in [0.25, 0.3) is 0 Å². The third-order valence-electron chi connectivity index (χ3n) is 5.17. The normalized spacial score (nSPS) is 18.6. The SMILES string of the molecule is OCCN1CCC(N2Cc3cc(Cl)ccc3Sc3ccccc32)CC1. The number of nitrogens with zero attached hydrogens (tertiary/aromatic N) is 2. The number of aliphatic hydroxyl groups excluding tert-OH is 1. The minimum atomic E-state index is 0.250. The highest BCUT2D eigenvalue weighted by Crippen LogP contribution is 2.43. The Bertz CT molecular complexity index is 746. The molecule has 5 heteroatoms. The lowest BCUT2D eigenvalue weighted by molar-refractivity contribution is 0.162. The number of hydrogen-bond donors (Lipinski definition) is 1. The molecule has 0 atom stereocenters. The van der Waals surface area contributed by atoms with E-state index in [9.17, 15) is 0 Å². The maximum atomic E-state index is 9.17. The molecule has 0 amide bonds. The first-order valence-electron chi connectivity index (χ1n) is 8.90. The summed E-state index contributed by atoms with van der Waals surface area (Å²) in [6.07, 6.45) is 2.27. The molecular formula is C20H23ClN2OS. The zero-order chi connectivity index (χ0) is 17.2. The lowest BCUT2D eigenvalue weighted by Gasteiger charge is -2.39. The van der Waals surface area contributed by atoms with Crippen molar-refractivity contribution in [1.29, 1.82) is 0 Å². The van der Waals surface area contributed by atoms with Gasteiger partial charge in [-0.2, -0.15) is 0 Å². The molecule has 1 saturated heterocycles. The number of rotatable bonds is 3. The van der Waals surface area contributed by atoms with Crippen LogP contribution in [0.15, 0.2) is 52.3 Å². The van der Waals surface area contributed by atoms with Crippen molar-refractivity contribution in [2.75, 3.05) is 31.1 Å². The lowest BCUT2D eigenvalue weighted by atomic mass is 10.0. The van der Waals surface area contributed by atoms with Crippen LogP contribution >= 0.6 is 23.4 Å². The van der Waals surface area contributed by atoms with Crippen molar-refractivity contribution in [3.63, 3.8) is 0 Å². The second kappa shape index (κ2) is 7.58. The molecule has 0 radical (unpaired) electrons. The number of piperidine rings is 1. The van der Waals surface area contributed by atoms with E-state index in [1.54, 1.807) is 0 Å². The summed E-state index contributed by atoms with van der Waals surface area (Å²) in [7, 11) is 0. The van der Waals surface area contributed by atoms with Crippen LogP contribution in [-0.2, 0) is 6.54 Å². The van der Waals surface area contributed by atoms with E-state index in [2.05, 4.69) is 46.2 Å². The molecule has 2 aliphatic rings. The van der Waals surface area contributed by atoms with Crippen molar-refractivity contribution in [3.05, 3.63) is 53.1 Å². The van der Waals surface area contributed by atoms with Gasteiger partial charge in [-0.05, 0) is 48.7 Å². The molecule has 0 bridgehead atoms. The molecule has 2 aliphatic heterocycles. The van der Waals surface area contributed by atoms with Crippen molar-refractivity contribution in [1.82, 2.24) is 4.90 Å². The van der Waals surface area contributed by atoms with E-state index in [0.717, 1.165) is 44.0 Å². The van der Waals surface area contributed by atoms with Gasteiger partial charge in [-0.1, -0.05) is 35.5 Å². The van der Waals surface area contributed by atoms with E-state index in [4.69, 9.17) is 16.7 Å². The third kappa shape index (κ3) is 3.68. The van der Waals surface area contributed by atoms with Crippen LogP contribution in [0.5, 0.6) is 0 Å². The summed E-state index contributed by atoms with van der Waals surface area (Å²) in [5.41, 5.74) is 2.65. The summed E-state index contributed by atoms with van der Waals surface area (Å²) in [6.45, 7) is 4.06. The molecule has 132 valence electrons. The van der Waals surface area contributed by atoms with Crippen molar-refractivity contribution in [3.8, 4) is 0 Å². The summed E-state index contributed by atoms with van der Waals surface area (Å²) in [6, 6.07) is 15.5. The molecule has 25 heavy (non-hydrogen) atoms. The molecule has 0 aliphatic carbocycles. The number of aliphatic hydroxyl groups is 1. The van der Waals surface area contributed by atoms with Gasteiger partial charge in [0.1, 0.15) is 0 Å². The fourth-order valence-corrected chi connectivity index (χ4v) is 5.12. The Hall–Kier alpha value is -1.20. The summed E-state index contributed by atoms with van der Waals surface area (Å²) >= 11 is 8.12. The van der Waals surface area contributed by atoms with Gasteiger partial charge < -0.3 is 14.9 Å². The van der Waals surface area contributed by atoms with Crippen molar-refractivity contribution < 1.29 is 5.11 Å². The number of halogens is 1. The number of likely N-dealkylation sites (tertiary alicyclic amines) is 1. The van der Waals surface area contributed by atoms with Crippen LogP contribution in [0.2, 0.25) is 5.02 Å². The van der Waals surface area contributed by atoms with Crippen LogP contribution in [0.3, 0.4) is 0 Å². The summed E-state index contributed by atoms with van der Waals surface area (Å²) in [5.74, 6) is 0. The fraction of sp³-hybridized carbons (Fsp3) is 0.400. The highest BCUT2D eigenvalue weighted by atomic mass is 35.5. The second-order valence-corrected chi connectivity index (χ2v) is 8.27. The number of benzene rings is 2. The van der Waals surface area contributed by atoms with E-state index in [0.29, 0.717) is 6.04 Å². The Morgan fingerprint density at radius 3 is 2.68 bits per heavy atom. The third-order valence-corrected chi connectivity index (χ3v) is 6.59. The van der Waals surface area contributed by atoms with Crippen molar-refractivity contribution >= 4 is 29.1 Å². The maximum absolute atomic E-state index is 9.17. The number of hydrogen-bond acceptors (Lipinski definition) is 4. The lowest BCUT2D eigenvalue weighted by Crippen LogP contribution is -2.45. The van der Waals surface area contributed by atoms with E-state index < -0.39 is 0 Å². The van der Waals surface area contributed by atoms with Gasteiger partial charge in [-0.25, -0.2) is 0 Å². The molecule has 4 rings (SSSR count). The smallest absolute Gasteiger partial charge is 0.0558 e. The highest BCUT2D eigenvalue weighted by Gasteiger charge is 2.28. The number of fused-ring (bicyclic) bond motifs is 2. The quantitative estimate of drug-likeness (QED) is 0.868. The predicted octanol–water partition coefficient (Wildman–Crippen LogP) is 4.27. The van der Waals surface area contributed by atoms with Crippen LogP contribution in [0, 0.1) is 0 Å². The minimum absolute atomic E-state index is 0.250. The van der Waals surface area contributed by atoms with Gasteiger partial charge >= 0.3 is 0 Å². The molecule has 0 spiro atoms. The minimum Gasteiger partial charge on any atom is -0.395 e. The maximum Gasteiger partial charge on any atom is 0.0558 e. The van der Waals surface area contributed by atoms with Gasteiger partial charge in [0, 0.05) is 47.0 Å². The average Bonchev–Trinajstić information content (AvgIpc) is 2.79. The van der Waals surface area contributed by atoms with Gasteiger partial charge in [0.2, 0.25) is 0 Å². The molecule has 3 nitrogen and oxygen atoms in total. The monoisotopic (exact) mass is 374 g/mol. The van der Waals surface area contributed by atoms with Gasteiger partial charge in [0.15, 0.2) is 0 Å². The molecule has 2 aromatic carbocycles.